The number of hydrogen-bond acceptors (Lipinski definition) is 2. The van der Waals surface area contributed by atoms with Gasteiger partial charge in [0, 0.05) is 0 Å². The maximum Gasteiger partial charge on any atom is 0.218 e. The van der Waals surface area contributed by atoms with Crippen LogP contribution < -0.4 is 4.72 Å². The molecule has 0 spiro atoms. The van der Waals surface area contributed by atoms with Gasteiger partial charge in [-0.2, -0.15) is 0 Å². The Morgan fingerprint density at radius 3 is 2.60 bits per heavy atom. The van der Waals surface area contributed by atoms with Crippen LogP contribution in [0.1, 0.15) is 24.2 Å². The van der Waals surface area contributed by atoms with Gasteiger partial charge in [0.25, 0.3) is 0 Å². The van der Waals surface area contributed by atoms with Crippen molar-refractivity contribution in [3.63, 3.8) is 0 Å². The largest absolute Gasteiger partial charge is 0.218 e. The van der Waals surface area contributed by atoms with Gasteiger partial charge in [-0.15, -0.1) is 0 Å². The standard InChI is InChI=1S/C10H14FNO2S/c1-3-10(15(13,14)12-2)8-5-4-6-9(11)7-8/h4-7,10,12H,3H2,1-2H3. The highest BCUT2D eigenvalue weighted by Gasteiger charge is 2.23. The second-order valence-electron chi connectivity index (χ2n) is 3.20. The molecule has 0 aliphatic carbocycles. The van der Waals surface area contributed by atoms with Crippen LogP contribution in [-0.2, 0) is 10.0 Å². The fraction of sp³-hybridized carbons (Fsp3) is 0.400. The number of nitrogens with one attached hydrogen (secondary N) is 1. The summed E-state index contributed by atoms with van der Waals surface area (Å²) in [6, 6.07) is 5.68. The molecule has 3 nitrogen and oxygen atoms in total. The monoisotopic (exact) mass is 231 g/mol. The molecule has 5 heteroatoms. The normalized spacial score (nSPS) is 13.8. The van der Waals surface area contributed by atoms with E-state index < -0.39 is 21.1 Å². The molecule has 0 bridgehead atoms. The summed E-state index contributed by atoms with van der Waals surface area (Å²) in [7, 11) is -2.04. The molecule has 0 heterocycles. The van der Waals surface area contributed by atoms with Crippen molar-refractivity contribution in [3.05, 3.63) is 35.6 Å². The lowest BCUT2D eigenvalue weighted by Gasteiger charge is -2.15. The van der Waals surface area contributed by atoms with E-state index in [0.29, 0.717) is 12.0 Å². The fourth-order valence-electron chi connectivity index (χ4n) is 1.48. The first kappa shape index (κ1) is 12.1. The Kier molecular flexibility index (Phi) is 3.82. The SMILES string of the molecule is CCC(c1cccc(F)c1)S(=O)(=O)NC. The lowest BCUT2D eigenvalue weighted by Crippen LogP contribution is -2.25. The summed E-state index contributed by atoms with van der Waals surface area (Å²) in [4.78, 5) is 0. The predicted octanol–water partition coefficient (Wildman–Crippen LogP) is 1.83. The molecule has 1 unspecified atom stereocenters. The van der Waals surface area contributed by atoms with Gasteiger partial charge in [-0.25, -0.2) is 17.5 Å². The molecular weight excluding hydrogens is 217 g/mol. The zero-order valence-corrected chi connectivity index (χ0v) is 9.51. The number of halogens is 1. The molecule has 1 N–H and O–H groups in total. The molecule has 15 heavy (non-hydrogen) atoms. The van der Waals surface area contributed by atoms with Gasteiger partial charge in [-0.05, 0) is 31.2 Å². The van der Waals surface area contributed by atoms with Crippen LogP contribution >= 0.6 is 0 Å². The molecule has 0 aromatic heterocycles. The smallest absolute Gasteiger partial charge is 0.218 e. The minimum absolute atomic E-state index is 0.409. The van der Waals surface area contributed by atoms with E-state index in [4.69, 9.17) is 0 Å². The Morgan fingerprint density at radius 1 is 1.47 bits per heavy atom. The fourth-order valence-corrected chi connectivity index (χ4v) is 2.71. The minimum atomic E-state index is -3.40. The molecule has 0 aliphatic heterocycles. The molecule has 0 amide bonds. The van der Waals surface area contributed by atoms with Crippen LogP contribution in [0.3, 0.4) is 0 Å². The third-order valence-corrected chi connectivity index (χ3v) is 4.17. The second-order valence-corrected chi connectivity index (χ2v) is 5.27. The Balaban J connectivity index is 3.14. The highest BCUT2D eigenvalue weighted by Crippen LogP contribution is 2.24. The predicted molar refractivity (Wildman–Crippen MR) is 57.4 cm³/mol. The van der Waals surface area contributed by atoms with Crippen molar-refractivity contribution in [1.29, 1.82) is 0 Å². The Hall–Kier alpha value is -0.940. The Morgan fingerprint density at radius 2 is 2.13 bits per heavy atom. The van der Waals surface area contributed by atoms with E-state index in [-0.39, 0.29) is 0 Å². The van der Waals surface area contributed by atoms with Gasteiger partial charge in [0.05, 0.1) is 0 Å². The van der Waals surface area contributed by atoms with Crippen molar-refractivity contribution < 1.29 is 12.8 Å². The summed E-state index contributed by atoms with van der Waals surface area (Å²) in [6.07, 6.45) is 0.409. The van der Waals surface area contributed by atoms with E-state index in [9.17, 15) is 12.8 Å². The van der Waals surface area contributed by atoms with Gasteiger partial charge in [0.15, 0.2) is 0 Å². The average molecular weight is 231 g/mol. The summed E-state index contributed by atoms with van der Waals surface area (Å²) in [6.45, 7) is 1.75. The van der Waals surface area contributed by atoms with E-state index in [2.05, 4.69) is 4.72 Å². The van der Waals surface area contributed by atoms with Crippen molar-refractivity contribution in [1.82, 2.24) is 4.72 Å². The molecule has 0 radical (unpaired) electrons. The van der Waals surface area contributed by atoms with Crippen molar-refractivity contribution in [3.8, 4) is 0 Å². The summed E-state index contributed by atoms with van der Waals surface area (Å²) >= 11 is 0. The molecule has 1 atom stereocenters. The molecule has 1 rings (SSSR count). The molecule has 0 saturated carbocycles. The van der Waals surface area contributed by atoms with E-state index in [1.165, 1.54) is 25.2 Å². The van der Waals surface area contributed by atoms with Crippen LogP contribution in [0.4, 0.5) is 4.39 Å². The molecule has 84 valence electrons. The van der Waals surface area contributed by atoms with Crippen LogP contribution in [0.25, 0.3) is 0 Å². The van der Waals surface area contributed by atoms with E-state index >= 15 is 0 Å². The van der Waals surface area contributed by atoms with Gasteiger partial charge < -0.3 is 0 Å². The zero-order chi connectivity index (χ0) is 11.5. The van der Waals surface area contributed by atoms with Crippen LogP contribution in [0.15, 0.2) is 24.3 Å². The Bertz CT molecular complexity index is 431. The maximum atomic E-state index is 12.9. The highest BCUT2D eigenvalue weighted by molar-refractivity contribution is 7.89. The molecule has 1 aromatic carbocycles. The van der Waals surface area contributed by atoms with Gasteiger partial charge in [0.1, 0.15) is 11.1 Å². The molecule has 1 aromatic rings. The average Bonchev–Trinajstić information content (AvgIpc) is 2.18. The van der Waals surface area contributed by atoms with Crippen molar-refractivity contribution >= 4 is 10.0 Å². The number of benzene rings is 1. The zero-order valence-electron chi connectivity index (χ0n) is 8.70. The van der Waals surface area contributed by atoms with Crippen LogP contribution in [0.5, 0.6) is 0 Å². The topological polar surface area (TPSA) is 46.2 Å². The summed E-state index contributed by atoms with van der Waals surface area (Å²) in [5, 5.41) is -0.696. The quantitative estimate of drug-likeness (QED) is 0.859. The third-order valence-electron chi connectivity index (χ3n) is 2.25. The second kappa shape index (κ2) is 4.72. The van der Waals surface area contributed by atoms with Gasteiger partial charge in [-0.3, -0.25) is 0 Å². The molecule has 0 fully saturated rings. The first-order valence-electron chi connectivity index (χ1n) is 4.69. The molecular formula is C10H14FNO2S. The number of sulfonamides is 1. The molecule has 0 saturated heterocycles. The number of hydrogen-bond donors (Lipinski definition) is 1. The van der Waals surface area contributed by atoms with Crippen LogP contribution in [0.2, 0.25) is 0 Å². The van der Waals surface area contributed by atoms with Crippen LogP contribution in [0, 0.1) is 5.82 Å². The maximum absolute atomic E-state index is 12.9. The van der Waals surface area contributed by atoms with Crippen molar-refractivity contribution in [2.75, 3.05) is 7.05 Å². The lowest BCUT2D eigenvalue weighted by molar-refractivity contribution is 0.569. The third kappa shape index (κ3) is 2.76. The van der Waals surface area contributed by atoms with E-state index in [1.54, 1.807) is 13.0 Å². The lowest BCUT2D eigenvalue weighted by atomic mass is 10.1. The number of rotatable bonds is 4. The van der Waals surface area contributed by atoms with Gasteiger partial charge in [-0.1, -0.05) is 19.1 Å². The molecule has 0 aliphatic rings. The summed E-state index contributed by atoms with van der Waals surface area (Å²) < 4.78 is 38.4. The van der Waals surface area contributed by atoms with Crippen LogP contribution in [-0.4, -0.2) is 15.5 Å². The van der Waals surface area contributed by atoms with Crippen molar-refractivity contribution in [2.45, 2.75) is 18.6 Å². The van der Waals surface area contributed by atoms with Crippen molar-refractivity contribution in [2.24, 2.45) is 0 Å². The van der Waals surface area contributed by atoms with Gasteiger partial charge in [0.2, 0.25) is 10.0 Å². The summed E-state index contributed by atoms with van der Waals surface area (Å²) in [5.41, 5.74) is 0.479. The first-order chi connectivity index (χ1) is 7.01. The minimum Gasteiger partial charge on any atom is -0.218 e. The summed E-state index contributed by atoms with van der Waals surface area (Å²) in [5.74, 6) is -0.419. The van der Waals surface area contributed by atoms with E-state index in [0.717, 1.165) is 0 Å². The highest BCUT2D eigenvalue weighted by atomic mass is 32.2. The first-order valence-corrected chi connectivity index (χ1v) is 6.23. The van der Waals surface area contributed by atoms with Gasteiger partial charge >= 0.3 is 0 Å². The van der Waals surface area contributed by atoms with E-state index in [1.807, 2.05) is 0 Å². The Labute approximate surface area is 89.4 Å².